The molecule has 4 rings (SSSR count). The molecule has 2 aromatic carbocycles. The molecule has 1 aliphatic rings. The lowest BCUT2D eigenvalue weighted by molar-refractivity contribution is -0.277. The summed E-state index contributed by atoms with van der Waals surface area (Å²) in [5, 5.41) is 41.2. The van der Waals surface area contributed by atoms with Crippen molar-refractivity contribution in [1.29, 1.82) is 0 Å². The summed E-state index contributed by atoms with van der Waals surface area (Å²) in [6, 6.07) is 13.3. The number of nitrogens with two attached hydrogens (primary N) is 1. The average Bonchev–Trinajstić information content (AvgIpc) is 2.75. The number of hydrogen-bond acceptors (Lipinski definition) is 8. The number of anilines is 1. The second kappa shape index (κ2) is 8.17. The van der Waals surface area contributed by atoms with Gasteiger partial charge in [-0.2, -0.15) is 0 Å². The van der Waals surface area contributed by atoms with E-state index in [1.165, 1.54) is 0 Å². The van der Waals surface area contributed by atoms with E-state index in [-0.39, 0.29) is 0 Å². The second-order valence-corrected chi connectivity index (χ2v) is 7.39. The van der Waals surface area contributed by atoms with Crippen molar-refractivity contribution in [3.63, 3.8) is 0 Å². The number of benzene rings is 2. The van der Waals surface area contributed by atoms with Crippen LogP contribution in [0, 0.1) is 6.92 Å². The molecule has 1 saturated heterocycles. The third-order valence-electron chi connectivity index (χ3n) is 5.41. The Morgan fingerprint density at radius 3 is 2.57 bits per heavy atom. The predicted molar refractivity (Wildman–Crippen MR) is 111 cm³/mol. The van der Waals surface area contributed by atoms with Crippen LogP contribution in [0.2, 0.25) is 0 Å². The maximum Gasteiger partial charge on any atom is 0.229 e. The van der Waals surface area contributed by atoms with Crippen molar-refractivity contribution in [3.8, 4) is 16.9 Å². The molecule has 0 unspecified atom stereocenters. The fourth-order valence-corrected chi connectivity index (χ4v) is 3.72. The molecule has 30 heavy (non-hydrogen) atoms. The molecular weight excluding hydrogens is 388 g/mol. The first-order valence-corrected chi connectivity index (χ1v) is 9.62. The zero-order valence-electron chi connectivity index (χ0n) is 16.3. The molecule has 1 aromatic heterocycles. The number of pyridine rings is 1. The molecule has 0 bridgehead atoms. The Labute approximate surface area is 173 Å². The summed E-state index contributed by atoms with van der Waals surface area (Å²) in [7, 11) is 0. The molecule has 6 N–H and O–H groups in total. The molecule has 0 amide bonds. The Morgan fingerprint density at radius 2 is 1.83 bits per heavy atom. The van der Waals surface area contributed by atoms with Gasteiger partial charge in [0, 0.05) is 11.6 Å². The van der Waals surface area contributed by atoms with Gasteiger partial charge in [-0.25, -0.2) is 4.98 Å². The molecule has 2 heterocycles. The Bertz CT molecular complexity index is 1060. The SMILES string of the molecule is Cc1cc(-c2cccc3c(N)nccc23)ccc1O[C@@H]1O[C@@H](CO)[C@H](O)[C@@H](O)[C@H]1O. The van der Waals surface area contributed by atoms with Crippen LogP contribution in [0.5, 0.6) is 5.75 Å². The van der Waals surface area contributed by atoms with Gasteiger partial charge in [-0.3, -0.25) is 0 Å². The Morgan fingerprint density at radius 1 is 1.03 bits per heavy atom. The van der Waals surface area contributed by atoms with E-state index in [9.17, 15) is 20.4 Å². The van der Waals surface area contributed by atoms with E-state index >= 15 is 0 Å². The summed E-state index contributed by atoms with van der Waals surface area (Å²) in [5.41, 5.74) is 8.71. The lowest BCUT2D eigenvalue weighted by atomic mass is 9.97. The maximum absolute atomic E-state index is 10.2. The van der Waals surface area contributed by atoms with Crippen LogP contribution in [0.3, 0.4) is 0 Å². The Hall–Kier alpha value is -2.75. The van der Waals surface area contributed by atoms with Gasteiger partial charge in [-0.05, 0) is 47.2 Å². The third kappa shape index (κ3) is 3.60. The first kappa shape index (κ1) is 20.5. The first-order chi connectivity index (χ1) is 14.4. The summed E-state index contributed by atoms with van der Waals surface area (Å²) < 4.78 is 11.2. The molecule has 0 spiro atoms. The number of aliphatic hydroxyl groups excluding tert-OH is 4. The monoisotopic (exact) mass is 412 g/mol. The second-order valence-electron chi connectivity index (χ2n) is 7.39. The average molecular weight is 412 g/mol. The van der Waals surface area contributed by atoms with E-state index in [0.717, 1.165) is 27.5 Å². The van der Waals surface area contributed by atoms with E-state index in [2.05, 4.69) is 4.98 Å². The number of ether oxygens (including phenoxy) is 2. The van der Waals surface area contributed by atoms with Crippen molar-refractivity contribution in [2.45, 2.75) is 37.6 Å². The van der Waals surface area contributed by atoms with Crippen molar-refractivity contribution in [2.24, 2.45) is 0 Å². The van der Waals surface area contributed by atoms with Crippen LogP contribution in [0.1, 0.15) is 5.56 Å². The minimum atomic E-state index is -1.49. The Balaban J connectivity index is 1.63. The molecule has 0 radical (unpaired) electrons. The number of aromatic nitrogens is 1. The zero-order chi connectivity index (χ0) is 21.4. The minimum Gasteiger partial charge on any atom is -0.462 e. The molecule has 1 aliphatic heterocycles. The van der Waals surface area contributed by atoms with Crippen LogP contribution in [0.4, 0.5) is 5.82 Å². The van der Waals surface area contributed by atoms with Crippen LogP contribution in [0.25, 0.3) is 21.9 Å². The van der Waals surface area contributed by atoms with Gasteiger partial charge >= 0.3 is 0 Å². The number of nitrogen functional groups attached to an aromatic ring is 1. The third-order valence-corrected chi connectivity index (χ3v) is 5.41. The molecule has 0 aliphatic carbocycles. The number of aryl methyl sites for hydroxylation is 1. The van der Waals surface area contributed by atoms with Crippen LogP contribution < -0.4 is 10.5 Å². The molecule has 8 heteroatoms. The quantitative estimate of drug-likeness (QED) is 0.427. The van der Waals surface area contributed by atoms with Crippen molar-refractivity contribution in [1.82, 2.24) is 4.98 Å². The van der Waals surface area contributed by atoms with Crippen LogP contribution in [0.15, 0.2) is 48.7 Å². The number of fused-ring (bicyclic) bond motifs is 1. The smallest absolute Gasteiger partial charge is 0.229 e. The zero-order valence-corrected chi connectivity index (χ0v) is 16.3. The van der Waals surface area contributed by atoms with Crippen molar-refractivity contribution in [3.05, 3.63) is 54.2 Å². The highest BCUT2D eigenvalue weighted by Gasteiger charge is 2.44. The largest absolute Gasteiger partial charge is 0.462 e. The highest BCUT2D eigenvalue weighted by atomic mass is 16.7. The van der Waals surface area contributed by atoms with Crippen molar-refractivity contribution < 1.29 is 29.9 Å². The number of nitrogens with zero attached hydrogens (tertiary/aromatic N) is 1. The molecule has 5 atom stereocenters. The van der Waals surface area contributed by atoms with Crippen molar-refractivity contribution in [2.75, 3.05) is 12.3 Å². The topological polar surface area (TPSA) is 138 Å². The van der Waals surface area contributed by atoms with Crippen LogP contribution >= 0.6 is 0 Å². The molecule has 8 nitrogen and oxygen atoms in total. The molecule has 0 saturated carbocycles. The van der Waals surface area contributed by atoms with E-state index in [1.807, 2.05) is 43.3 Å². The van der Waals surface area contributed by atoms with E-state index in [1.54, 1.807) is 12.3 Å². The molecule has 158 valence electrons. The number of rotatable bonds is 4. The Kier molecular flexibility index (Phi) is 5.59. The van der Waals surface area contributed by atoms with E-state index in [0.29, 0.717) is 11.6 Å². The normalized spacial score (nSPS) is 26.6. The lowest BCUT2D eigenvalue weighted by Gasteiger charge is -2.39. The fraction of sp³-hybridized carbons (Fsp3) is 0.318. The number of hydrogen-bond donors (Lipinski definition) is 5. The summed E-state index contributed by atoms with van der Waals surface area (Å²) in [4.78, 5) is 4.13. The molecular formula is C22H24N2O6. The summed E-state index contributed by atoms with van der Waals surface area (Å²) in [6.45, 7) is 1.34. The first-order valence-electron chi connectivity index (χ1n) is 9.62. The van der Waals surface area contributed by atoms with Gasteiger partial charge in [0.25, 0.3) is 0 Å². The molecule has 1 fully saturated rings. The maximum atomic E-state index is 10.2. The molecule has 3 aromatic rings. The minimum absolute atomic E-state index is 0.449. The summed E-state index contributed by atoms with van der Waals surface area (Å²) >= 11 is 0. The summed E-state index contributed by atoms with van der Waals surface area (Å²) in [6.07, 6.45) is -4.96. The van der Waals surface area contributed by atoms with Gasteiger partial charge < -0.3 is 35.6 Å². The predicted octanol–water partition coefficient (Wildman–Crippen LogP) is 0.971. The fourth-order valence-electron chi connectivity index (χ4n) is 3.72. The summed E-state index contributed by atoms with van der Waals surface area (Å²) in [5.74, 6) is 0.915. The van der Waals surface area contributed by atoms with Crippen LogP contribution in [-0.2, 0) is 4.74 Å². The van der Waals surface area contributed by atoms with Gasteiger partial charge in [0.1, 0.15) is 36.0 Å². The van der Waals surface area contributed by atoms with E-state index in [4.69, 9.17) is 15.2 Å². The van der Waals surface area contributed by atoms with Gasteiger partial charge in [0.05, 0.1) is 6.61 Å². The highest BCUT2D eigenvalue weighted by molar-refractivity contribution is 6.01. The highest BCUT2D eigenvalue weighted by Crippen LogP contribution is 2.34. The van der Waals surface area contributed by atoms with Gasteiger partial charge in [0.15, 0.2) is 0 Å². The van der Waals surface area contributed by atoms with Gasteiger partial charge in [-0.1, -0.05) is 24.3 Å². The standard InChI is InChI=1S/C22H24N2O6/c1-11-9-12(13-3-2-4-15-14(13)7-8-24-21(15)23)5-6-16(11)29-22-20(28)19(27)18(26)17(10-25)30-22/h2-9,17-20,22,25-28H,10H2,1H3,(H2,23,24)/t17-,18-,19+,20+,22+/m0/s1. The van der Waals surface area contributed by atoms with Crippen LogP contribution in [-0.4, -0.2) is 62.7 Å². The lowest BCUT2D eigenvalue weighted by Crippen LogP contribution is -2.60. The number of aliphatic hydroxyl groups is 4. The van der Waals surface area contributed by atoms with Gasteiger partial charge in [0.2, 0.25) is 6.29 Å². The van der Waals surface area contributed by atoms with E-state index < -0.39 is 37.3 Å². The van der Waals surface area contributed by atoms with Gasteiger partial charge in [-0.15, -0.1) is 0 Å². The van der Waals surface area contributed by atoms with Crippen molar-refractivity contribution >= 4 is 16.6 Å².